The molecule has 0 aliphatic carbocycles. The van der Waals surface area contributed by atoms with E-state index in [1.807, 2.05) is 0 Å². The maximum atomic E-state index is 12.9. The molecule has 0 spiro atoms. The molecule has 0 radical (unpaired) electrons. The normalized spacial score (nSPS) is 12.6. The minimum absolute atomic E-state index is 0.0539. The van der Waals surface area contributed by atoms with E-state index in [0.717, 1.165) is 0 Å². The number of benzene rings is 1. The summed E-state index contributed by atoms with van der Waals surface area (Å²) in [4.78, 5) is 0. The van der Waals surface area contributed by atoms with E-state index >= 15 is 0 Å². The van der Waals surface area contributed by atoms with Gasteiger partial charge in [0.05, 0.1) is 17.7 Å². The third-order valence-electron chi connectivity index (χ3n) is 1.67. The van der Waals surface area contributed by atoms with Crippen LogP contribution < -0.4 is 5.32 Å². The van der Waals surface area contributed by atoms with E-state index in [1.54, 1.807) is 6.07 Å². The van der Waals surface area contributed by atoms with Gasteiger partial charge in [0.2, 0.25) is 0 Å². The highest BCUT2D eigenvalue weighted by Gasteiger charge is 2.03. The van der Waals surface area contributed by atoms with Gasteiger partial charge in [-0.2, -0.15) is 0 Å². The standard InChI is InChI=1S/C9H11ClFNO2/c10-8-2-1-6(3-9(8)11)12-4-7(14)5-13/h1-3,7,12-14H,4-5H2/t7-/m0/s1. The van der Waals surface area contributed by atoms with E-state index < -0.39 is 11.9 Å². The molecule has 0 saturated heterocycles. The number of aliphatic hydroxyl groups is 2. The zero-order valence-electron chi connectivity index (χ0n) is 7.37. The monoisotopic (exact) mass is 219 g/mol. The number of hydrogen-bond donors (Lipinski definition) is 3. The van der Waals surface area contributed by atoms with Gasteiger partial charge in [0.25, 0.3) is 0 Å². The van der Waals surface area contributed by atoms with Gasteiger partial charge in [-0.25, -0.2) is 4.39 Å². The summed E-state index contributed by atoms with van der Waals surface area (Å²) in [6.07, 6.45) is -0.853. The molecule has 0 fully saturated rings. The lowest BCUT2D eigenvalue weighted by Crippen LogP contribution is -2.22. The molecule has 3 nitrogen and oxygen atoms in total. The summed E-state index contributed by atoms with van der Waals surface area (Å²) in [5.41, 5.74) is 0.513. The Balaban J connectivity index is 2.55. The van der Waals surface area contributed by atoms with Crippen molar-refractivity contribution in [3.05, 3.63) is 29.0 Å². The molecule has 0 aliphatic heterocycles. The lowest BCUT2D eigenvalue weighted by atomic mass is 10.3. The Morgan fingerprint density at radius 1 is 1.50 bits per heavy atom. The maximum Gasteiger partial charge on any atom is 0.143 e. The van der Waals surface area contributed by atoms with Gasteiger partial charge in [-0.15, -0.1) is 0 Å². The van der Waals surface area contributed by atoms with Crippen LogP contribution in [0.1, 0.15) is 0 Å². The largest absolute Gasteiger partial charge is 0.394 e. The second kappa shape index (κ2) is 5.14. The zero-order chi connectivity index (χ0) is 10.6. The molecule has 0 unspecified atom stereocenters. The van der Waals surface area contributed by atoms with Crippen LogP contribution in [0.5, 0.6) is 0 Å². The Bertz CT molecular complexity index is 309. The van der Waals surface area contributed by atoms with Crippen molar-refractivity contribution in [3.8, 4) is 0 Å². The van der Waals surface area contributed by atoms with E-state index in [1.165, 1.54) is 12.1 Å². The van der Waals surface area contributed by atoms with Crippen LogP contribution in [-0.4, -0.2) is 29.5 Å². The van der Waals surface area contributed by atoms with Crippen molar-refractivity contribution in [2.45, 2.75) is 6.10 Å². The van der Waals surface area contributed by atoms with E-state index in [0.29, 0.717) is 5.69 Å². The van der Waals surface area contributed by atoms with Crippen molar-refractivity contribution >= 4 is 17.3 Å². The first-order valence-electron chi connectivity index (χ1n) is 4.11. The van der Waals surface area contributed by atoms with Crippen LogP contribution in [0.15, 0.2) is 18.2 Å². The molecule has 0 bridgehead atoms. The molecular weight excluding hydrogens is 209 g/mol. The summed E-state index contributed by atoms with van der Waals surface area (Å²) in [5.74, 6) is -0.518. The van der Waals surface area contributed by atoms with Crippen LogP contribution in [-0.2, 0) is 0 Å². The first kappa shape index (κ1) is 11.2. The Morgan fingerprint density at radius 3 is 2.79 bits per heavy atom. The summed E-state index contributed by atoms with van der Waals surface area (Å²) in [6.45, 7) is -0.166. The molecule has 0 heterocycles. The van der Waals surface area contributed by atoms with Gasteiger partial charge in [-0.1, -0.05) is 11.6 Å². The van der Waals surface area contributed by atoms with Gasteiger partial charge in [-0.05, 0) is 18.2 Å². The quantitative estimate of drug-likeness (QED) is 0.714. The number of anilines is 1. The summed E-state index contributed by atoms with van der Waals surface area (Å²) in [5, 5.41) is 20.3. The molecule has 0 aliphatic rings. The molecule has 1 aromatic carbocycles. The average Bonchev–Trinajstić information content (AvgIpc) is 2.19. The second-order valence-corrected chi connectivity index (χ2v) is 3.25. The Labute approximate surface area is 86.1 Å². The molecule has 0 saturated carbocycles. The van der Waals surface area contributed by atoms with Gasteiger partial charge in [-0.3, -0.25) is 0 Å². The second-order valence-electron chi connectivity index (χ2n) is 2.85. The van der Waals surface area contributed by atoms with Crippen molar-refractivity contribution in [2.75, 3.05) is 18.5 Å². The Kier molecular flexibility index (Phi) is 4.13. The molecule has 3 N–H and O–H groups in total. The predicted octanol–water partition coefficient (Wildman–Crippen LogP) is 1.24. The van der Waals surface area contributed by atoms with Crippen molar-refractivity contribution in [3.63, 3.8) is 0 Å². The fourth-order valence-corrected chi connectivity index (χ4v) is 1.02. The van der Waals surface area contributed by atoms with Gasteiger partial charge < -0.3 is 15.5 Å². The van der Waals surface area contributed by atoms with E-state index in [9.17, 15) is 4.39 Å². The lowest BCUT2D eigenvalue weighted by Gasteiger charge is -2.10. The Hall–Kier alpha value is -0.840. The van der Waals surface area contributed by atoms with Gasteiger partial charge in [0.1, 0.15) is 5.82 Å². The average molecular weight is 220 g/mol. The van der Waals surface area contributed by atoms with E-state index in [4.69, 9.17) is 21.8 Å². The molecule has 0 aromatic heterocycles. The summed E-state index contributed by atoms with van der Waals surface area (Å²) >= 11 is 5.48. The number of rotatable bonds is 4. The third kappa shape index (κ3) is 3.14. The number of aliphatic hydroxyl groups excluding tert-OH is 2. The van der Waals surface area contributed by atoms with Crippen molar-refractivity contribution < 1.29 is 14.6 Å². The molecule has 78 valence electrons. The first-order valence-corrected chi connectivity index (χ1v) is 4.49. The topological polar surface area (TPSA) is 52.5 Å². The molecule has 5 heteroatoms. The SMILES string of the molecule is OC[C@@H](O)CNc1ccc(Cl)c(F)c1. The third-order valence-corrected chi connectivity index (χ3v) is 1.98. The van der Waals surface area contributed by atoms with E-state index in [2.05, 4.69) is 5.32 Å². The first-order chi connectivity index (χ1) is 6.63. The minimum Gasteiger partial charge on any atom is -0.394 e. The summed E-state index contributed by atoms with van der Waals surface area (Å²) in [6, 6.07) is 4.24. The van der Waals surface area contributed by atoms with Crippen LogP contribution in [0.4, 0.5) is 10.1 Å². The molecule has 0 amide bonds. The van der Waals surface area contributed by atoms with Crippen molar-refractivity contribution in [1.29, 1.82) is 0 Å². The van der Waals surface area contributed by atoms with Crippen LogP contribution in [0.25, 0.3) is 0 Å². The van der Waals surface area contributed by atoms with Crippen LogP contribution in [0.2, 0.25) is 5.02 Å². The highest BCUT2D eigenvalue weighted by molar-refractivity contribution is 6.30. The maximum absolute atomic E-state index is 12.9. The molecule has 1 atom stereocenters. The Morgan fingerprint density at radius 2 is 2.21 bits per heavy atom. The van der Waals surface area contributed by atoms with E-state index in [-0.39, 0.29) is 18.2 Å². The zero-order valence-corrected chi connectivity index (χ0v) is 8.13. The fraction of sp³-hybridized carbons (Fsp3) is 0.333. The highest BCUT2D eigenvalue weighted by Crippen LogP contribution is 2.18. The number of hydrogen-bond acceptors (Lipinski definition) is 3. The smallest absolute Gasteiger partial charge is 0.143 e. The fourth-order valence-electron chi connectivity index (χ4n) is 0.906. The summed E-state index contributed by atoms with van der Waals surface area (Å²) < 4.78 is 12.9. The van der Waals surface area contributed by atoms with Crippen molar-refractivity contribution in [2.24, 2.45) is 0 Å². The molecule has 14 heavy (non-hydrogen) atoms. The lowest BCUT2D eigenvalue weighted by molar-refractivity contribution is 0.105. The van der Waals surface area contributed by atoms with Crippen LogP contribution >= 0.6 is 11.6 Å². The molecule has 1 rings (SSSR count). The number of nitrogens with one attached hydrogen (secondary N) is 1. The summed E-state index contributed by atoms with van der Waals surface area (Å²) in [7, 11) is 0. The van der Waals surface area contributed by atoms with Gasteiger partial charge in [0.15, 0.2) is 0 Å². The minimum atomic E-state index is -0.853. The van der Waals surface area contributed by atoms with Crippen LogP contribution in [0.3, 0.4) is 0 Å². The highest BCUT2D eigenvalue weighted by atomic mass is 35.5. The predicted molar refractivity (Wildman–Crippen MR) is 53.0 cm³/mol. The molecule has 1 aromatic rings. The van der Waals surface area contributed by atoms with Crippen LogP contribution in [0, 0.1) is 5.82 Å². The number of halogens is 2. The van der Waals surface area contributed by atoms with Crippen molar-refractivity contribution in [1.82, 2.24) is 0 Å². The van der Waals surface area contributed by atoms with Gasteiger partial charge >= 0.3 is 0 Å². The van der Waals surface area contributed by atoms with Gasteiger partial charge in [0, 0.05) is 12.2 Å². The molecular formula is C9H11ClFNO2.